The van der Waals surface area contributed by atoms with Gasteiger partial charge in [-0.3, -0.25) is 9.59 Å². The van der Waals surface area contributed by atoms with Crippen molar-refractivity contribution in [1.29, 1.82) is 0 Å². The summed E-state index contributed by atoms with van der Waals surface area (Å²) in [4.78, 5) is 26.5. The second-order valence-corrected chi connectivity index (χ2v) is 7.12. The summed E-state index contributed by atoms with van der Waals surface area (Å²) in [6, 6.07) is 6.89. The fourth-order valence-corrected chi connectivity index (χ4v) is 3.40. The highest BCUT2D eigenvalue weighted by molar-refractivity contribution is 5.97. The molecule has 1 aliphatic heterocycles. The van der Waals surface area contributed by atoms with E-state index in [0.717, 1.165) is 0 Å². The van der Waals surface area contributed by atoms with Crippen LogP contribution >= 0.6 is 0 Å². The van der Waals surface area contributed by atoms with Gasteiger partial charge in [-0.15, -0.1) is 10.2 Å². The minimum Gasteiger partial charge on any atom is -0.489 e. The third-order valence-electron chi connectivity index (χ3n) is 4.97. The molecular formula is C20H27N5O4. The zero-order valence-corrected chi connectivity index (χ0v) is 17.0. The van der Waals surface area contributed by atoms with Gasteiger partial charge < -0.3 is 24.3 Å². The van der Waals surface area contributed by atoms with E-state index in [1.165, 1.54) is 7.11 Å². The summed E-state index contributed by atoms with van der Waals surface area (Å²) < 4.78 is 12.8. The molecule has 1 aromatic heterocycles. The summed E-state index contributed by atoms with van der Waals surface area (Å²) in [5.74, 6) is 0.967. The third kappa shape index (κ3) is 5.11. The molecule has 1 atom stereocenters. The summed E-state index contributed by atoms with van der Waals surface area (Å²) >= 11 is 0. The number of rotatable bonds is 7. The van der Waals surface area contributed by atoms with Gasteiger partial charge in [-0.25, -0.2) is 0 Å². The summed E-state index contributed by atoms with van der Waals surface area (Å²) in [5, 5.41) is 10.8. The maximum absolute atomic E-state index is 12.8. The van der Waals surface area contributed by atoms with Crippen LogP contribution in [0.4, 0.5) is 0 Å². The number of piperidine rings is 1. The number of carbonyl (C=O) groups is 2. The molecule has 9 nitrogen and oxygen atoms in total. The fraction of sp³-hybridized carbons (Fsp3) is 0.500. The van der Waals surface area contributed by atoms with Gasteiger partial charge >= 0.3 is 0 Å². The largest absolute Gasteiger partial charge is 0.489 e. The molecule has 0 spiro atoms. The van der Waals surface area contributed by atoms with Crippen molar-refractivity contribution in [3.8, 4) is 5.75 Å². The van der Waals surface area contributed by atoms with Crippen molar-refractivity contribution in [3.63, 3.8) is 0 Å². The van der Waals surface area contributed by atoms with Gasteiger partial charge in [-0.2, -0.15) is 0 Å². The SMILES string of the molecule is COCC(=O)N1CCC(Oc2ccccc2C(=O)N[C@H](C)c2nncn2C)CC1. The molecule has 1 aliphatic rings. The Bertz CT molecular complexity index is 845. The van der Waals surface area contributed by atoms with Crippen molar-refractivity contribution in [2.75, 3.05) is 26.8 Å². The minimum absolute atomic E-state index is 0.0107. The molecule has 9 heteroatoms. The number of methoxy groups -OCH3 is 1. The number of para-hydroxylation sites is 1. The van der Waals surface area contributed by atoms with Crippen LogP contribution in [-0.2, 0) is 16.6 Å². The maximum atomic E-state index is 12.8. The summed E-state index contributed by atoms with van der Waals surface area (Å²) in [6.07, 6.45) is 2.96. The van der Waals surface area contributed by atoms with E-state index >= 15 is 0 Å². The Hall–Kier alpha value is -2.94. The molecule has 1 aromatic carbocycles. The molecule has 0 unspecified atom stereocenters. The van der Waals surface area contributed by atoms with Crippen molar-refractivity contribution in [1.82, 2.24) is 25.0 Å². The van der Waals surface area contributed by atoms with Crippen LogP contribution in [0.1, 0.15) is 42.0 Å². The second-order valence-electron chi connectivity index (χ2n) is 7.12. The molecule has 0 saturated carbocycles. The third-order valence-corrected chi connectivity index (χ3v) is 4.97. The lowest BCUT2D eigenvalue weighted by molar-refractivity contribution is -0.136. The molecular weight excluding hydrogens is 374 g/mol. The second kappa shape index (κ2) is 9.51. The van der Waals surface area contributed by atoms with E-state index in [0.29, 0.717) is 43.1 Å². The van der Waals surface area contributed by atoms with Gasteiger partial charge in [0.15, 0.2) is 5.82 Å². The molecule has 0 bridgehead atoms. The number of carbonyl (C=O) groups excluding carboxylic acids is 2. The monoisotopic (exact) mass is 401 g/mol. The first kappa shape index (κ1) is 20.8. The van der Waals surface area contributed by atoms with Crippen LogP contribution in [0, 0.1) is 0 Å². The Kier molecular flexibility index (Phi) is 6.82. The molecule has 1 saturated heterocycles. The number of amides is 2. The zero-order valence-electron chi connectivity index (χ0n) is 17.0. The first-order valence-corrected chi connectivity index (χ1v) is 9.66. The van der Waals surface area contributed by atoms with E-state index in [1.54, 1.807) is 34.0 Å². The van der Waals surface area contributed by atoms with Crippen LogP contribution in [0.2, 0.25) is 0 Å². The van der Waals surface area contributed by atoms with E-state index < -0.39 is 0 Å². The Morgan fingerprint density at radius 3 is 2.66 bits per heavy atom. The van der Waals surface area contributed by atoms with Gasteiger partial charge in [-0.1, -0.05) is 12.1 Å². The molecule has 0 radical (unpaired) electrons. The number of aromatic nitrogens is 3. The average molecular weight is 401 g/mol. The van der Waals surface area contributed by atoms with E-state index in [1.807, 2.05) is 20.0 Å². The maximum Gasteiger partial charge on any atom is 0.255 e. The number of nitrogens with one attached hydrogen (secondary N) is 1. The number of nitrogens with zero attached hydrogens (tertiary/aromatic N) is 4. The first-order valence-electron chi connectivity index (χ1n) is 9.66. The Morgan fingerprint density at radius 1 is 1.28 bits per heavy atom. The lowest BCUT2D eigenvalue weighted by atomic mass is 10.1. The lowest BCUT2D eigenvalue weighted by Gasteiger charge is -2.32. The lowest BCUT2D eigenvalue weighted by Crippen LogP contribution is -2.43. The average Bonchev–Trinajstić information content (AvgIpc) is 3.15. The normalized spacial score (nSPS) is 15.8. The topological polar surface area (TPSA) is 98.6 Å². The van der Waals surface area contributed by atoms with Gasteiger partial charge in [0.2, 0.25) is 5.91 Å². The van der Waals surface area contributed by atoms with Crippen LogP contribution in [0.25, 0.3) is 0 Å². The molecule has 1 fully saturated rings. The molecule has 2 aromatic rings. The summed E-state index contributed by atoms with van der Waals surface area (Å²) in [6.45, 7) is 3.19. The molecule has 2 amide bonds. The van der Waals surface area contributed by atoms with Crippen molar-refractivity contribution in [2.24, 2.45) is 7.05 Å². The highest BCUT2D eigenvalue weighted by Crippen LogP contribution is 2.24. The van der Waals surface area contributed by atoms with Gasteiger partial charge in [-0.05, 0) is 19.1 Å². The van der Waals surface area contributed by atoms with Crippen molar-refractivity contribution in [3.05, 3.63) is 42.0 Å². The Balaban J connectivity index is 1.61. The Labute approximate surface area is 170 Å². The summed E-state index contributed by atoms with van der Waals surface area (Å²) in [5.41, 5.74) is 0.472. The number of hydrogen-bond acceptors (Lipinski definition) is 6. The summed E-state index contributed by atoms with van der Waals surface area (Å²) in [7, 11) is 3.35. The van der Waals surface area contributed by atoms with E-state index in [-0.39, 0.29) is 30.6 Å². The van der Waals surface area contributed by atoms with Crippen LogP contribution in [0.3, 0.4) is 0 Å². The van der Waals surface area contributed by atoms with Gasteiger partial charge in [0, 0.05) is 40.1 Å². The van der Waals surface area contributed by atoms with Crippen LogP contribution < -0.4 is 10.1 Å². The number of aryl methyl sites for hydroxylation is 1. The molecule has 3 rings (SSSR count). The zero-order chi connectivity index (χ0) is 20.8. The predicted molar refractivity (Wildman–Crippen MR) is 105 cm³/mol. The quantitative estimate of drug-likeness (QED) is 0.751. The highest BCUT2D eigenvalue weighted by atomic mass is 16.5. The van der Waals surface area contributed by atoms with Gasteiger partial charge in [0.05, 0.1) is 11.6 Å². The molecule has 2 heterocycles. The number of benzene rings is 1. The van der Waals surface area contributed by atoms with Crippen molar-refractivity contribution >= 4 is 11.8 Å². The fourth-order valence-electron chi connectivity index (χ4n) is 3.40. The van der Waals surface area contributed by atoms with Crippen LogP contribution in [0.5, 0.6) is 5.75 Å². The number of likely N-dealkylation sites (tertiary alicyclic amines) is 1. The Morgan fingerprint density at radius 2 is 2.00 bits per heavy atom. The molecule has 0 aliphatic carbocycles. The van der Waals surface area contributed by atoms with Crippen molar-refractivity contribution < 1.29 is 19.1 Å². The van der Waals surface area contributed by atoms with E-state index in [9.17, 15) is 9.59 Å². The first-order chi connectivity index (χ1) is 14.0. The molecule has 1 N–H and O–H groups in total. The van der Waals surface area contributed by atoms with Crippen molar-refractivity contribution in [2.45, 2.75) is 31.9 Å². The van der Waals surface area contributed by atoms with Crippen LogP contribution in [-0.4, -0.2) is 64.4 Å². The van der Waals surface area contributed by atoms with Gasteiger partial charge in [0.25, 0.3) is 5.91 Å². The predicted octanol–water partition coefficient (Wildman–Crippen LogP) is 1.32. The number of hydrogen-bond donors (Lipinski definition) is 1. The van der Waals surface area contributed by atoms with Crippen LogP contribution in [0.15, 0.2) is 30.6 Å². The molecule has 29 heavy (non-hydrogen) atoms. The van der Waals surface area contributed by atoms with E-state index in [4.69, 9.17) is 9.47 Å². The smallest absolute Gasteiger partial charge is 0.255 e. The minimum atomic E-state index is -0.293. The molecule has 156 valence electrons. The van der Waals surface area contributed by atoms with E-state index in [2.05, 4.69) is 15.5 Å². The highest BCUT2D eigenvalue weighted by Gasteiger charge is 2.25. The number of ether oxygens (including phenoxy) is 2. The van der Waals surface area contributed by atoms with Gasteiger partial charge in [0.1, 0.15) is 24.8 Å². The standard InChI is InChI=1S/C20H27N5O4/c1-14(19-23-21-13-24(19)2)22-20(27)16-6-4-5-7-17(16)29-15-8-10-25(11-9-15)18(26)12-28-3/h4-7,13-15H,8-12H2,1-3H3,(H,22,27)/t14-/m1/s1.